The lowest BCUT2D eigenvalue weighted by atomic mass is 10.0. The molecule has 1 spiro atoms. The number of piperidine rings is 1. The van der Waals surface area contributed by atoms with E-state index in [0.29, 0.717) is 5.25 Å². The third-order valence-electron chi connectivity index (χ3n) is 3.18. The van der Waals surface area contributed by atoms with E-state index in [-0.39, 0.29) is 4.87 Å². The Morgan fingerprint density at radius 3 is 2.71 bits per heavy atom. The minimum Gasteiger partial charge on any atom is -0.364 e. The molecule has 2 fully saturated rings. The summed E-state index contributed by atoms with van der Waals surface area (Å²) in [5, 5.41) is 4.12. The van der Waals surface area contributed by atoms with Crippen molar-refractivity contribution < 1.29 is 0 Å². The van der Waals surface area contributed by atoms with Gasteiger partial charge in [-0.1, -0.05) is 19.1 Å². The van der Waals surface area contributed by atoms with Gasteiger partial charge in [0.1, 0.15) is 0 Å². The average molecular weight is 230 g/mol. The quantitative estimate of drug-likeness (QED) is 0.691. The molecule has 14 heavy (non-hydrogen) atoms. The smallest absolute Gasteiger partial charge is 0.0896 e. The maximum absolute atomic E-state index is 5.38. The van der Waals surface area contributed by atoms with Crippen LogP contribution in [0, 0.1) is 0 Å². The van der Waals surface area contributed by atoms with Crippen molar-refractivity contribution in [3.05, 3.63) is 0 Å². The van der Waals surface area contributed by atoms with Crippen molar-refractivity contribution in [2.24, 2.45) is 0 Å². The first kappa shape index (κ1) is 10.7. The molecule has 2 rings (SSSR count). The van der Waals surface area contributed by atoms with Crippen LogP contribution in [0.4, 0.5) is 0 Å². The van der Waals surface area contributed by atoms with Gasteiger partial charge in [0.2, 0.25) is 0 Å². The SMILES string of the molecule is CCC1SC2(CCN(C)CC2)NC1=S. The molecular formula is C10H18N2S2. The van der Waals surface area contributed by atoms with Crippen LogP contribution in [0.25, 0.3) is 0 Å². The number of rotatable bonds is 1. The zero-order valence-corrected chi connectivity index (χ0v) is 10.5. The number of likely N-dealkylation sites (tertiary alicyclic amines) is 1. The summed E-state index contributed by atoms with van der Waals surface area (Å²) in [5.41, 5.74) is 0. The molecule has 2 aliphatic rings. The lowest BCUT2D eigenvalue weighted by Crippen LogP contribution is -2.48. The summed E-state index contributed by atoms with van der Waals surface area (Å²) in [6.07, 6.45) is 3.61. The van der Waals surface area contributed by atoms with Crippen LogP contribution in [-0.2, 0) is 0 Å². The molecule has 0 aromatic rings. The van der Waals surface area contributed by atoms with Gasteiger partial charge in [0, 0.05) is 13.1 Å². The van der Waals surface area contributed by atoms with E-state index in [1.807, 2.05) is 0 Å². The Balaban J connectivity index is 2.02. The molecule has 0 radical (unpaired) electrons. The Bertz CT molecular complexity index is 234. The second-order valence-corrected chi connectivity index (χ2v) is 6.33. The summed E-state index contributed by atoms with van der Waals surface area (Å²) >= 11 is 7.44. The highest BCUT2D eigenvalue weighted by Gasteiger charge is 2.43. The predicted octanol–water partition coefficient (Wildman–Crippen LogP) is 1.85. The Morgan fingerprint density at radius 1 is 1.57 bits per heavy atom. The Kier molecular flexibility index (Phi) is 3.05. The fourth-order valence-corrected chi connectivity index (χ4v) is 4.19. The molecule has 0 saturated carbocycles. The van der Waals surface area contributed by atoms with E-state index >= 15 is 0 Å². The van der Waals surface area contributed by atoms with Crippen LogP contribution in [0.15, 0.2) is 0 Å². The fourth-order valence-electron chi connectivity index (χ4n) is 2.15. The number of hydrogen-bond donors (Lipinski definition) is 1. The first-order valence-electron chi connectivity index (χ1n) is 5.33. The van der Waals surface area contributed by atoms with E-state index in [1.54, 1.807) is 0 Å². The standard InChI is InChI=1S/C10H18N2S2/c1-3-8-9(13)11-10(14-8)4-6-12(2)7-5-10/h8H,3-7H2,1-2H3,(H,11,13). The van der Waals surface area contributed by atoms with Crippen molar-refractivity contribution in [1.29, 1.82) is 0 Å². The van der Waals surface area contributed by atoms with Gasteiger partial charge in [-0.3, -0.25) is 0 Å². The number of thiocarbonyl (C=S) groups is 1. The van der Waals surface area contributed by atoms with Crippen LogP contribution in [0.1, 0.15) is 26.2 Å². The van der Waals surface area contributed by atoms with E-state index in [9.17, 15) is 0 Å². The minimum absolute atomic E-state index is 0.282. The van der Waals surface area contributed by atoms with Gasteiger partial charge >= 0.3 is 0 Å². The average Bonchev–Trinajstić information content (AvgIpc) is 2.49. The van der Waals surface area contributed by atoms with Gasteiger partial charge in [-0.15, -0.1) is 11.8 Å². The number of nitrogens with zero attached hydrogens (tertiary/aromatic N) is 1. The van der Waals surface area contributed by atoms with Crippen molar-refractivity contribution >= 4 is 29.0 Å². The maximum Gasteiger partial charge on any atom is 0.0896 e. The van der Waals surface area contributed by atoms with E-state index in [2.05, 4.69) is 35.9 Å². The minimum atomic E-state index is 0.282. The Hall–Kier alpha value is 0.200. The van der Waals surface area contributed by atoms with Crippen LogP contribution < -0.4 is 5.32 Å². The van der Waals surface area contributed by atoms with Crippen molar-refractivity contribution in [3.63, 3.8) is 0 Å². The van der Waals surface area contributed by atoms with E-state index < -0.39 is 0 Å². The number of hydrogen-bond acceptors (Lipinski definition) is 3. The molecule has 1 unspecified atom stereocenters. The molecule has 2 nitrogen and oxygen atoms in total. The second-order valence-electron chi connectivity index (χ2n) is 4.30. The van der Waals surface area contributed by atoms with E-state index in [4.69, 9.17) is 12.2 Å². The van der Waals surface area contributed by atoms with Crippen LogP contribution in [0.2, 0.25) is 0 Å². The topological polar surface area (TPSA) is 15.3 Å². The second kappa shape index (κ2) is 3.99. The molecule has 1 N–H and O–H groups in total. The molecule has 4 heteroatoms. The summed E-state index contributed by atoms with van der Waals surface area (Å²) in [4.78, 5) is 3.77. The summed E-state index contributed by atoms with van der Waals surface area (Å²) in [6.45, 7) is 4.61. The van der Waals surface area contributed by atoms with Crippen LogP contribution in [-0.4, -0.2) is 40.1 Å². The third-order valence-corrected chi connectivity index (χ3v) is 5.53. The van der Waals surface area contributed by atoms with E-state index in [0.717, 1.165) is 11.4 Å². The van der Waals surface area contributed by atoms with Gasteiger partial charge in [0.15, 0.2) is 0 Å². The highest BCUT2D eigenvalue weighted by atomic mass is 32.2. The molecule has 80 valence electrons. The summed E-state index contributed by atoms with van der Waals surface area (Å²) in [7, 11) is 2.20. The summed E-state index contributed by atoms with van der Waals surface area (Å²) in [6, 6.07) is 0. The molecule has 0 aliphatic carbocycles. The third kappa shape index (κ3) is 1.92. The van der Waals surface area contributed by atoms with Crippen molar-refractivity contribution in [1.82, 2.24) is 10.2 Å². The molecule has 2 heterocycles. The molecule has 0 aromatic carbocycles. The van der Waals surface area contributed by atoms with Gasteiger partial charge in [-0.2, -0.15) is 0 Å². The zero-order chi connectivity index (χ0) is 10.2. The number of nitrogens with one attached hydrogen (secondary N) is 1. The molecule has 0 amide bonds. The maximum atomic E-state index is 5.38. The van der Waals surface area contributed by atoms with E-state index in [1.165, 1.54) is 25.9 Å². The largest absolute Gasteiger partial charge is 0.364 e. The van der Waals surface area contributed by atoms with Gasteiger partial charge in [0.05, 0.1) is 15.1 Å². The monoisotopic (exact) mass is 230 g/mol. The van der Waals surface area contributed by atoms with Crippen LogP contribution in [0.5, 0.6) is 0 Å². The number of thioether (sulfide) groups is 1. The first-order chi connectivity index (χ1) is 6.65. The zero-order valence-electron chi connectivity index (χ0n) is 8.88. The highest BCUT2D eigenvalue weighted by molar-refractivity contribution is 8.03. The molecule has 2 saturated heterocycles. The van der Waals surface area contributed by atoms with Crippen LogP contribution >= 0.6 is 24.0 Å². The lowest BCUT2D eigenvalue weighted by molar-refractivity contribution is 0.233. The molecule has 2 aliphatic heterocycles. The highest BCUT2D eigenvalue weighted by Crippen LogP contribution is 2.42. The predicted molar refractivity (Wildman–Crippen MR) is 66.9 cm³/mol. The Labute approximate surface area is 95.8 Å². The van der Waals surface area contributed by atoms with Gasteiger partial charge in [0.25, 0.3) is 0 Å². The fraction of sp³-hybridized carbons (Fsp3) is 0.900. The van der Waals surface area contributed by atoms with Crippen molar-refractivity contribution in [3.8, 4) is 0 Å². The van der Waals surface area contributed by atoms with Crippen molar-refractivity contribution in [2.45, 2.75) is 36.3 Å². The molecule has 1 atom stereocenters. The molecule has 0 bridgehead atoms. The normalized spacial score (nSPS) is 32.1. The molecular weight excluding hydrogens is 212 g/mol. The lowest BCUT2D eigenvalue weighted by Gasteiger charge is -2.37. The summed E-state index contributed by atoms with van der Waals surface area (Å²) < 4.78 is 0. The van der Waals surface area contributed by atoms with Gasteiger partial charge < -0.3 is 10.2 Å². The van der Waals surface area contributed by atoms with Gasteiger partial charge in [-0.05, 0) is 26.3 Å². The van der Waals surface area contributed by atoms with Crippen LogP contribution in [0.3, 0.4) is 0 Å². The van der Waals surface area contributed by atoms with Gasteiger partial charge in [-0.25, -0.2) is 0 Å². The summed E-state index contributed by atoms with van der Waals surface area (Å²) in [5.74, 6) is 0. The Morgan fingerprint density at radius 2 is 2.21 bits per heavy atom. The van der Waals surface area contributed by atoms with Crippen molar-refractivity contribution in [2.75, 3.05) is 20.1 Å². The molecule has 0 aromatic heterocycles. The first-order valence-corrected chi connectivity index (χ1v) is 6.62.